The minimum atomic E-state index is 0.161. The van der Waals surface area contributed by atoms with E-state index in [-0.39, 0.29) is 6.04 Å². The van der Waals surface area contributed by atoms with Crippen molar-refractivity contribution in [1.29, 1.82) is 0 Å². The van der Waals surface area contributed by atoms with E-state index in [4.69, 9.17) is 11.6 Å². The van der Waals surface area contributed by atoms with Gasteiger partial charge in [0.15, 0.2) is 11.5 Å². The molecule has 2 N–H and O–H groups in total. The summed E-state index contributed by atoms with van der Waals surface area (Å²) < 4.78 is 0. The lowest BCUT2D eigenvalue weighted by atomic mass is 10.0. The van der Waals surface area contributed by atoms with Gasteiger partial charge in [-0.15, -0.1) is 0 Å². The SMILES string of the molecule is CC[C@@H](Nc1ncnc2nc[nH]c12)c1ccc(Cl)cc1. The number of nitrogens with one attached hydrogen (secondary N) is 2. The maximum Gasteiger partial charge on any atom is 0.182 e. The summed E-state index contributed by atoms with van der Waals surface area (Å²) in [6.45, 7) is 2.12. The van der Waals surface area contributed by atoms with E-state index in [0.29, 0.717) is 5.65 Å². The second kappa shape index (κ2) is 5.46. The highest BCUT2D eigenvalue weighted by atomic mass is 35.5. The summed E-state index contributed by atoms with van der Waals surface area (Å²) in [5, 5.41) is 4.17. The Kier molecular flexibility index (Phi) is 3.52. The molecule has 20 heavy (non-hydrogen) atoms. The smallest absolute Gasteiger partial charge is 0.182 e. The first-order valence-electron chi connectivity index (χ1n) is 6.44. The van der Waals surface area contributed by atoms with Gasteiger partial charge >= 0.3 is 0 Å². The molecule has 0 fully saturated rings. The van der Waals surface area contributed by atoms with Gasteiger partial charge in [0.25, 0.3) is 0 Å². The highest BCUT2D eigenvalue weighted by molar-refractivity contribution is 6.30. The number of halogens is 1. The molecule has 0 aliphatic heterocycles. The summed E-state index contributed by atoms with van der Waals surface area (Å²) in [6.07, 6.45) is 4.06. The quantitative estimate of drug-likeness (QED) is 0.770. The van der Waals surface area contributed by atoms with E-state index >= 15 is 0 Å². The molecule has 1 atom stereocenters. The van der Waals surface area contributed by atoms with E-state index in [0.717, 1.165) is 22.8 Å². The zero-order valence-electron chi connectivity index (χ0n) is 11.0. The van der Waals surface area contributed by atoms with Gasteiger partial charge in [0, 0.05) is 5.02 Å². The second-order valence-corrected chi connectivity index (χ2v) is 4.92. The average molecular weight is 288 g/mol. The molecule has 0 amide bonds. The molecule has 5 nitrogen and oxygen atoms in total. The van der Waals surface area contributed by atoms with Crippen LogP contribution in [0, 0.1) is 0 Å². The third-order valence-electron chi connectivity index (χ3n) is 3.21. The van der Waals surface area contributed by atoms with Gasteiger partial charge in [-0.25, -0.2) is 15.0 Å². The van der Waals surface area contributed by atoms with Crippen molar-refractivity contribution in [2.45, 2.75) is 19.4 Å². The van der Waals surface area contributed by atoms with E-state index < -0.39 is 0 Å². The van der Waals surface area contributed by atoms with Gasteiger partial charge < -0.3 is 10.3 Å². The van der Waals surface area contributed by atoms with Crippen LogP contribution in [-0.2, 0) is 0 Å². The number of anilines is 1. The van der Waals surface area contributed by atoms with E-state index in [2.05, 4.69) is 32.2 Å². The van der Waals surface area contributed by atoms with Crippen LogP contribution < -0.4 is 5.32 Å². The highest BCUT2D eigenvalue weighted by Crippen LogP contribution is 2.25. The Hall–Kier alpha value is -2.14. The van der Waals surface area contributed by atoms with Gasteiger partial charge in [-0.2, -0.15) is 0 Å². The molecule has 0 aliphatic carbocycles. The van der Waals surface area contributed by atoms with E-state index in [1.807, 2.05) is 24.3 Å². The summed E-state index contributed by atoms with van der Waals surface area (Å²) in [4.78, 5) is 15.6. The molecule has 2 aromatic heterocycles. The third-order valence-corrected chi connectivity index (χ3v) is 3.47. The highest BCUT2D eigenvalue weighted by Gasteiger charge is 2.13. The number of rotatable bonds is 4. The summed E-state index contributed by atoms with van der Waals surface area (Å²) in [6, 6.07) is 8.00. The van der Waals surface area contributed by atoms with Crippen molar-refractivity contribution in [3.05, 3.63) is 47.5 Å². The fraction of sp³-hybridized carbons (Fsp3) is 0.214. The first kappa shape index (κ1) is 12.9. The Labute approximate surface area is 121 Å². The summed E-state index contributed by atoms with van der Waals surface area (Å²) >= 11 is 5.93. The lowest BCUT2D eigenvalue weighted by molar-refractivity contribution is 0.745. The van der Waals surface area contributed by atoms with Crippen LogP contribution in [0.4, 0.5) is 5.82 Å². The topological polar surface area (TPSA) is 66.5 Å². The van der Waals surface area contributed by atoms with Gasteiger partial charge in [0.1, 0.15) is 11.8 Å². The van der Waals surface area contributed by atoms with Gasteiger partial charge in [0.05, 0.1) is 12.4 Å². The number of nitrogens with zero attached hydrogens (tertiary/aromatic N) is 3. The molecular formula is C14H14ClN5. The minimum absolute atomic E-state index is 0.161. The van der Waals surface area contributed by atoms with Crippen LogP contribution in [0.3, 0.4) is 0 Å². The first-order valence-corrected chi connectivity index (χ1v) is 6.82. The molecule has 0 aliphatic rings. The van der Waals surface area contributed by atoms with Crippen LogP contribution >= 0.6 is 11.6 Å². The molecule has 6 heteroatoms. The third kappa shape index (κ3) is 2.44. The van der Waals surface area contributed by atoms with Crippen molar-refractivity contribution < 1.29 is 0 Å². The Morgan fingerprint density at radius 2 is 2.00 bits per heavy atom. The van der Waals surface area contributed by atoms with Crippen LogP contribution in [0.25, 0.3) is 11.2 Å². The van der Waals surface area contributed by atoms with Crippen LogP contribution in [0.5, 0.6) is 0 Å². The van der Waals surface area contributed by atoms with E-state index in [9.17, 15) is 0 Å². The van der Waals surface area contributed by atoms with Crippen LogP contribution in [0.2, 0.25) is 5.02 Å². The predicted octanol–water partition coefficient (Wildman–Crippen LogP) is 3.57. The van der Waals surface area contributed by atoms with Crippen molar-refractivity contribution in [3.63, 3.8) is 0 Å². The standard InChI is InChI=1S/C14H14ClN5/c1-2-11(9-3-5-10(15)6-4-9)20-14-12-13(17-7-16-12)18-8-19-14/h3-8,11H,2H2,1H3,(H2,16,17,18,19,20)/t11-/m1/s1. The van der Waals surface area contributed by atoms with E-state index in [1.165, 1.54) is 11.9 Å². The number of benzene rings is 1. The monoisotopic (exact) mass is 287 g/mol. The van der Waals surface area contributed by atoms with Crippen molar-refractivity contribution in [2.24, 2.45) is 0 Å². The van der Waals surface area contributed by atoms with E-state index in [1.54, 1.807) is 6.33 Å². The average Bonchev–Trinajstić information content (AvgIpc) is 2.95. The largest absolute Gasteiger partial charge is 0.361 e. The molecule has 0 unspecified atom stereocenters. The summed E-state index contributed by atoms with van der Waals surface area (Å²) in [5.74, 6) is 0.759. The number of H-pyrrole nitrogens is 1. The Morgan fingerprint density at radius 3 is 2.75 bits per heavy atom. The van der Waals surface area contributed by atoms with Gasteiger partial charge in [-0.3, -0.25) is 0 Å². The number of aromatic amines is 1. The summed E-state index contributed by atoms with van der Waals surface area (Å²) in [5.41, 5.74) is 2.65. The molecule has 1 aromatic carbocycles. The Bertz CT molecular complexity index is 707. The summed E-state index contributed by atoms with van der Waals surface area (Å²) in [7, 11) is 0. The normalized spacial score (nSPS) is 12.5. The zero-order chi connectivity index (χ0) is 13.9. The van der Waals surface area contributed by atoms with Crippen molar-refractivity contribution >= 4 is 28.6 Å². The Morgan fingerprint density at radius 1 is 1.20 bits per heavy atom. The van der Waals surface area contributed by atoms with Crippen LogP contribution in [0.1, 0.15) is 24.9 Å². The first-order chi connectivity index (χ1) is 9.78. The lowest BCUT2D eigenvalue weighted by Crippen LogP contribution is -2.11. The van der Waals surface area contributed by atoms with Crippen molar-refractivity contribution in [1.82, 2.24) is 19.9 Å². The van der Waals surface area contributed by atoms with Crippen LogP contribution in [-0.4, -0.2) is 19.9 Å². The number of imidazole rings is 1. The van der Waals surface area contributed by atoms with Gasteiger partial charge in [-0.1, -0.05) is 30.7 Å². The zero-order valence-corrected chi connectivity index (χ0v) is 11.7. The molecular weight excluding hydrogens is 274 g/mol. The molecule has 0 saturated carbocycles. The van der Waals surface area contributed by atoms with Gasteiger partial charge in [-0.05, 0) is 24.1 Å². The number of hydrogen-bond acceptors (Lipinski definition) is 4. The lowest BCUT2D eigenvalue weighted by Gasteiger charge is -2.18. The maximum absolute atomic E-state index is 5.93. The fourth-order valence-corrected chi connectivity index (χ4v) is 2.28. The molecule has 0 radical (unpaired) electrons. The molecule has 3 rings (SSSR count). The maximum atomic E-state index is 5.93. The van der Waals surface area contributed by atoms with Crippen molar-refractivity contribution in [3.8, 4) is 0 Å². The predicted molar refractivity (Wildman–Crippen MR) is 79.8 cm³/mol. The fourth-order valence-electron chi connectivity index (χ4n) is 2.16. The molecule has 2 heterocycles. The molecule has 0 bridgehead atoms. The molecule has 0 saturated heterocycles. The van der Waals surface area contributed by atoms with Crippen LogP contribution in [0.15, 0.2) is 36.9 Å². The number of aromatic nitrogens is 4. The molecule has 3 aromatic rings. The minimum Gasteiger partial charge on any atom is -0.361 e. The van der Waals surface area contributed by atoms with Gasteiger partial charge in [0.2, 0.25) is 0 Å². The molecule has 102 valence electrons. The Balaban J connectivity index is 1.91. The van der Waals surface area contributed by atoms with Crippen molar-refractivity contribution in [2.75, 3.05) is 5.32 Å². The second-order valence-electron chi connectivity index (χ2n) is 4.48. The molecule has 0 spiro atoms. The number of hydrogen-bond donors (Lipinski definition) is 2. The number of fused-ring (bicyclic) bond motifs is 1.